The van der Waals surface area contributed by atoms with Crippen molar-refractivity contribution in [1.29, 1.82) is 0 Å². The van der Waals surface area contributed by atoms with Crippen molar-refractivity contribution < 1.29 is 19.4 Å². The predicted molar refractivity (Wildman–Crippen MR) is 67.0 cm³/mol. The first-order valence-corrected chi connectivity index (χ1v) is 5.77. The Hall–Kier alpha value is -1.99. The van der Waals surface area contributed by atoms with Crippen LogP contribution in [0.1, 0.15) is 17.3 Å². The van der Waals surface area contributed by atoms with Crippen LogP contribution >= 0.6 is 0 Å². The van der Waals surface area contributed by atoms with Crippen molar-refractivity contribution >= 4 is 11.6 Å². The third kappa shape index (κ3) is 4.65. The van der Waals surface area contributed by atoms with Gasteiger partial charge in [0.2, 0.25) is 0 Å². The molecule has 1 aromatic carbocycles. The maximum absolute atomic E-state index is 11.9. The zero-order valence-corrected chi connectivity index (χ0v) is 11.1. The van der Waals surface area contributed by atoms with Gasteiger partial charge in [0.1, 0.15) is 0 Å². The second kappa shape index (κ2) is 5.77. The van der Waals surface area contributed by atoms with Crippen molar-refractivity contribution in [2.45, 2.75) is 13.0 Å². The smallest absolute Gasteiger partial charge is 0.295 e. The van der Waals surface area contributed by atoms with E-state index in [2.05, 4.69) is 5.43 Å². The normalized spacial score (nSPS) is 12.8. The summed E-state index contributed by atoms with van der Waals surface area (Å²) in [7, 11) is 3.41. The minimum absolute atomic E-state index is 0.0560. The summed E-state index contributed by atoms with van der Waals surface area (Å²) in [5, 5.41) is 21.6. The summed E-state index contributed by atoms with van der Waals surface area (Å²) in [6.07, 6.45) is -0.799. The largest absolute Gasteiger partial charge is 0.848 e. The first-order valence-electron chi connectivity index (χ1n) is 5.77. The highest BCUT2D eigenvalue weighted by molar-refractivity contribution is 5.93. The zero-order chi connectivity index (χ0) is 14.6. The van der Waals surface area contributed by atoms with Crippen LogP contribution in [0.15, 0.2) is 24.3 Å². The molecule has 0 fully saturated rings. The summed E-state index contributed by atoms with van der Waals surface area (Å²) in [6.45, 7) is 1.77. The molecule has 7 heteroatoms. The molecule has 1 N–H and O–H groups in total. The zero-order valence-electron chi connectivity index (χ0n) is 11.1. The highest BCUT2D eigenvalue weighted by Gasteiger charge is 2.20. The molecule has 0 radical (unpaired) electrons. The molecule has 0 saturated heterocycles. The van der Waals surface area contributed by atoms with Crippen LogP contribution < -0.4 is 10.5 Å². The number of carbonyl (C=O) groups excluding carboxylic acids is 1. The number of benzene rings is 1. The number of hydrogen-bond acceptors (Lipinski definition) is 4. The molecule has 1 rings (SSSR count). The average Bonchev–Trinajstić information content (AvgIpc) is 2.26. The number of rotatable bonds is 5. The van der Waals surface area contributed by atoms with E-state index in [1.165, 1.54) is 31.2 Å². The standard InChI is InChI=1S/C12H17N3O4/c1-9(16)8-15(2,3)13-12(17)10-4-6-11(7-5-10)14(18)19/h4-7,9H,8H2,1-3H3,(H,13,17). The van der Waals surface area contributed by atoms with Gasteiger partial charge in [0.15, 0.2) is 0 Å². The molecule has 1 unspecified atom stereocenters. The van der Waals surface area contributed by atoms with E-state index in [0.29, 0.717) is 5.56 Å². The molecule has 0 aliphatic rings. The third-order valence-corrected chi connectivity index (χ3v) is 2.46. The van der Waals surface area contributed by atoms with Gasteiger partial charge in [-0.15, -0.1) is 0 Å². The van der Waals surface area contributed by atoms with E-state index >= 15 is 0 Å². The summed E-state index contributed by atoms with van der Waals surface area (Å²) < 4.78 is 0.0560. The predicted octanol–water partition coefficient (Wildman–Crippen LogP) is 0.0648. The summed E-state index contributed by atoms with van der Waals surface area (Å²) in [6, 6.07) is 5.30. The number of amides is 1. The Kier molecular flexibility index (Phi) is 4.57. The monoisotopic (exact) mass is 267 g/mol. The maximum Gasteiger partial charge on any atom is 0.295 e. The van der Waals surface area contributed by atoms with Gasteiger partial charge >= 0.3 is 0 Å². The van der Waals surface area contributed by atoms with Crippen LogP contribution in [0.4, 0.5) is 5.69 Å². The minimum Gasteiger partial charge on any atom is -0.848 e. The number of likely N-dealkylation sites (N-methyl/N-ethyl adjacent to an activating group) is 1. The van der Waals surface area contributed by atoms with Gasteiger partial charge in [-0.2, -0.15) is 5.43 Å². The van der Waals surface area contributed by atoms with Crippen LogP contribution in [0.5, 0.6) is 0 Å². The first kappa shape index (κ1) is 15.1. The number of nitrogens with zero attached hydrogens (tertiary/aromatic N) is 2. The fourth-order valence-corrected chi connectivity index (χ4v) is 1.76. The molecule has 1 amide bonds. The summed E-state index contributed by atoms with van der Waals surface area (Å²) >= 11 is 0. The van der Waals surface area contributed by atoms with Crippen molar-refractivity contribution in [2.75, 3.05) is 20.6 Å². The molecule has 1 atom stereocenters. The van der Waals surface area contributed by atoms with E-state index in [0.717, 1.165) is 0 Å². The number of nitro groups is 1. The van der Waals surface area contributed by atoms with Crippen molar-refractivity contribution in [3.63, 3.8) is 0 Å². The van der Waals surface area contributed by atoms with Gasteiger partial charge in [-0.3, -0.25) is 14.9 Å². The molecular weight excluding hydrogens is 250 g/mol. The van der Waals surface area contributed by atoms with Gasteiger partial charge in [0.05, 0.1) is 25.6 Å². The maximum atomic E-state index is 11.9. The van der Waals surface area contributed by atoms with Gasteiger partial charge in [-0.25, -0.2) is 4.59 Å². The lowest BCUT2D eigenvalue weighted by Gasteiger charge is -2.33. The number of nitro benzene ring substituents is 1. The lowest BCUT2D eigenvalue weighted by Crippen LogP contribution is -2.58. The van der Waals surface area contributed by atoms with Crippen molar-refractivity contribution in [3.8, 4) is 0 Å². The van der Waals surface area contributed by atoms with Gasteiger partial charge < -0.3 is 5.11 Å². The number of nitrogens with one attached hydrogen (secondary N) is 1. The third-order valence-electron chi connectivity index (χ3n) is 2.46. The van der Waals surface area contributed by atoms with Crippen LogP contribution in [-0.4, -0.2) is 42.2 Å². The molecule has 0 bridgehead atoms. The fourth-order valence-electron chi connectivity index (χ4n) is 1.76. The number of non-ortho nitro benzene ring substituents is 1. The van der Waals surface area contributed by atoms with Crippen LogP contribution in [-0.2, 0) is 0 Å². The molecule has 104 valence electrons. The first-order chi connectivity index (χ1) is 8.71. The Morgan fingerprint density at radius 3 is 2.32 bits per heavy atom. The van der Waals surface area contributed by atoms with Crippen LogP contribution in [0.25, 0.3) is 0 Å². The molecule has 0 spiro atoms. The van der Waals surface area contributed by atoms with Gasteiger partial charge in [0.25, 0.3) is 11.6 Å². The van der Waals surface area contributed by atoms with E-state index in [4.69, 9.17) is 0 Å². The van der Waals surface area contributed by atoms with E-state index in [9.17, 15) is 20.0 Å². The number of quaternary nitrogens is 1. The highest BCUT2D eigenvalue weighted by atomic mass is 16.6. The Morgan fingerprint density at radius 2 is 1.89 bits per heavy atom. The van der Waals surface area contributed by atoms with E-state index in [1.54, 1.807) is 14.1 Å². The SMILES string of the molecule is CC([O-])C[N+](C)(C)NC(=O)c1ccc([N+](=O)[O-])cc1. The summed E-state index contributed by atoms with van der Waals surface area (Å²) in [5.74, 6) is -0.374. The quantitative estimate of drug-likeness (QED) is 0.463. The topological polar surface area (TPSA) is 95.3 Å². The molecule has 1 aromatic rings. The van der Waals surface area contributed by atoms with E-state index in [1.807, 2.05) is 0 Å². The molecule has 0 aliphatic heterocycles. The highest BCUT2D eigenvalue weighted by Crippen LogP contribution is 2.12. The minimum atomic E-state index is -0.799. The summed E-state index contributed by atoms with van der Waals surface area (Å²) in [4.78, 5) is 21.9. The molecular formula is C12H17N3O4. The Labute approximate surface area is 111 Å². The number of carbonyl (C=O) groups is 1. The van der Waals surface area contributed by atoms with E-state index in [-0.39, 0.29) is 22.7 Å². The second-order valence-corrected chi connectivity index (χ2v) is 4.92. The van der Waals surface area contributed by atoms with Crippen LogP contribution in [0.3, 0.4) is 0 Å². The van der Waals surface area contributed by atoms with Gasteiger partial charge in [0, 0.05) is 17.7 Å². The molecule has 0 heterocycles. The van der Waals surface area contributed by atoms with Crippen LogP contribution in [0.2, 0.25) is 0 Å². The molecule has 0 aliphatic carbocycles. The summed E-state index contributed by atoms with van der Waals surface area (Å²) in [5.41, 5.74) is 2.93. The Morgan fingerprint density at radius 1 is 1.37 bits per heavy atom. The Balaban J connectivity index is 2.75. The van der Waals surface area contributed by atoms with Gasteiger partial charge in [-0.1, -0.05) is 13.0 Å². The van der Waals surface area contributed by atoms with Crippen molar-refractivity contribution in [1.82, 2.24) is 5.43 Å². The lowest BCUT2D eigenvalue weighted by molar-refractivity contribution is -0.932. The molecule has 7 nitrogen and oxygen atoms in total. The average molecular weight is 267 g/mol. The van der Waals surface area contributed by atoms with E-state index < -0.39 is 11.0 Å². The van der Waals surface area contributed by atoms with Gasteiger partial charge in [-0.05, 0) is 12.1 Å². The molecule has 0 aromatic heterocycles. The molecule has 0 saturated carbocycles. The fraction of sp³-hybridized carbons (Fsp3) is 0.417. The lowest BCUT2D eigenvalue weighted by atomic mass is 10.2. The van der Waals surface area contributed by atoms with Crippen molar-refractivity contribution in [2.24, 2.45) is 0 Å². The van der Waals surface area contributed by atoms with Crippen molar-refractivity contribution in [3.05, 3.63) is 39.9 Å². The Bertz CT molecular complexity index is 468. The second-order valence-electron chi connectivity index (χ2n) is 4.92. The molecule has 19 heavy (non-hydrogen) atoms. The van der Waals surface area contributed by atoms with Crippen LogP contribution in [0, 0.1) is 10.1 Å². The number of hydrogen-bond donors (Lipinski definition) is 1.